The summed E-state index contributed by atoms with van der Waals surface area (Å²) in [5.74, 6) is 0.0375. The van der Waals surface area contributed by atoms with Gasteiger partial charge in [-0.2, -0.15) is 0 Å². The van der Waals surface area contributed by atoms with Gasteiger partial charge in [-0.05, 0) is 69.4 Å². The van der Waals surface area contributed by atoms with E-state index in [0.717, 1.165) is 4.90 Å². The van der Waals surface area contributed by atoms with Gasteiger partial charge >= 0.3 is 11.9 Å². The van der Waals surface area contributed by atoms with Crippen molar-refractivity contribution in [3.63, 3.8) is 0 Å². The monoisotopic (exact) mass is 356 g/mol. The average molecular weight is 356 g/mol. The molecule has 0 saturated heterocycles. The van der Waals surface area contributed by atoms with Gasteiger partial charge in [0, 0.05) is 0 Å². The highest BCUT2D eigenvalue weighted by atomic mass is 32.3. The lowest BCUT2D eigenvalue weighted by molar-refractivity contribution is -0.150. The number of hydrogen-bond acceptors (Lipinski definition) is 5. The molecular formula is C18H28O5S. The summed E-state index contributed by atoms with van der Waals surface area (Å²) >= 11 is 0. The molecular weight excluding hydrogens is 328 g/mol. The summed E-state index contributed by atoms with van der Waals surface area (Å²) in [5, 5.41) is -0.192. The molecule has 5 nitrogen and oxygen atoms in total. The van der Waals surface area contributed by atoms with Gasteiger partial charge in [0.2, 0.25) is 0 Å². The fraction of sp³-hybridized carbons (Fsp3) is 0.556. The second-order valence-corrected chi connectivity index (χ2v) is 9.77. The third-order valence-corrected chi connectivity index (χ3v) is 7.31. The van der Waals surface area contributed by atoms with Crippen LogP contribution in [0.5, 0.6) is 5.75 Å². The van der Waals surface area contributed by atoms with Crippen LogP contribution in [0.2, 0.25) is 0 Å². The molecule has 0 aliphatic carbocycles. The van der Waals surface area contributed by atoms with Gasteiger partial charge in [-0.1, -0.05) is 0 Å². The number of carbonyl (C=O) groups is 2. The van der Waals surface area contributed by atoms with Gasteiger partial charge in [0.25, 0.3) is 0 Å². The lowest BCUT2D eigenvalue weighted by Gasteiger charge is -2.36. The summed E-state index contributed by atoms with van der Waals surface area (Å²) in [7, 11) is -1.35. The van der Waals surface area contributed by atoms with Crippen molar-refractivity contribution in [3.8, 4) is 5.75 Å². The summed E-state index contributed by atoms with van der Waals surface area (Å²) in [6.45, 7) is 7.84. The number of ether oxygens (including phenoxy) is 3. The first kappa shape index (κ1) is 20.4. The van der Waals surface area contributed by atoms with Crippen molar-refractivity contribution in [2.24, 2.45) is 0 Å². The molecule has 0 aliphatic rings. The number of hydrogen-bond donors (Lipinski definition) is 0. The largest absolute Gasteiger partial charge is 0.479 e. The Labute approximate surface area is 146 Å². The van der Waals surface area contributed by atoms with E-state index in [1.54, 1.807) is 13.8 Å². The maximum absolute atomic E-state index is 12.0. The Morgan fingerprint density at radius 2 is 1.46 bits per heavy atom. The predicted molar refractivity (Wildman–Crippen MR) is 97.0 cm³/mol. The van der Waals surface area contributed by atoms with Crippen molar-refractivity contribution in [2.75, 3.05) is 25.7 Å². The van der Waals surface area contributed by atoms with Crippen LogP contribution in [0.25, 0.3) is 0 Å². The van der Waals surface area contributed by atoms with Crippen LogP contribution in [-0.4, -0.2) is 49.0 Å². The number of benzene rings is 1. The average Bonchev–Trinajstić information content (AvgIpc) is 2.55. The molecule has 6 heteroatoms. The van der Waals surface area contributed by atoms with Gasteiger partial charge in [-0.3, -0.25) is 4.79 Å². The molecule has 0 amide bonds. The Hall–Kier alpha value is -1.69. The molecule has 0 spiro atoms. The zero-order valence-corrected chi connectivity index (χ0v) is 16.1. The van der Waals surface area contributed by atoms with Gasteiger partial charge in [-0.25, -0.2) is 14.8 Å². The van der Waals surface area contributed by atoms with E-state index in [1.807, 2.05) is 38.1 Å². The van der Waals surface area contributed by atoms with E-state index < -0.39 is 16.1 Å². The zero-order valence-electron chi connectivity index (χ0n) is 15.3. The van der Waals surface area contributed by atoms with Crippen LogP contribution in [0.1, 0.15) is 27.7 Å². The minimum Gasteiger partial charge on any atom is -0.479 e. The number of carbonyl (C=O) groups excluding carboxylic acids is 2. The van der Waals surface area contributed by atoms with Crippen LogP contribution in [0.4, 0.5) is 0 Å². The zero-order chi connectivity index (χ0) is 18.3. The normalized spacial score (nSPS) is 14.4. The molecule has 136 valence electrons. The van der Waals surface area contributed by atoms with Crippen LogP contribution < -0.4 is 4.74 Å². The van der Waals surface area contributed by atoms with E-state index in [2.05, 4.69) is 12.5 Å². The molecule has 0 N–H and O–H groups in total. The Bertz CT molecular complexity index is 553. The fourth-order valence-electron chi connectivity index (χ4n) is 2.09. The summed E-state index contributed by atoms with van der Waals surface area (Å²) in [6.07, 6.45) is 3.52. The van der Waals surface area contributed by atoms with Gasteiger partial charge in [0.15, 0.2) is 6.10 Å². The van der Waals surface area contributed by atoms with E-state index in [4.69, 9.17) is 14.2 Å². The number of rotatable bonds is 8. The summed E-state index contributed by atoms with van der Waals surface area (Å²) in [4.78, 5) is 24.7. The molecule has 0 heterocycles. The Balaban J connectivity index is 2.82. The summed E-state index contributed by atoms with van der Waals surface area (Å²) < 4.78 is 15.7. The summed E-state index contributed by atoms with van der Waals surface area (Å²) in [5.41, 5.74) is 0. The predicted octanol–water partition coefficient (Wildman–Crippen LogP) is 3.39. The number of esters is 2. The molecule has 1 aromatic carbocycles. The van der Waals surface area contributed by atoms with Crippen molar-refractivity contribution in [1.82, 2.24) is 0 Å². The molecule has 0 fully saturated rings. The Kier molecular flexibility index (Phi) is 7.60. The third-order valence-electron chi connectivity index (χ3n) is 3.87. The Morgan fingerprint density at radius 1 is 0.958 bits per heavy atom. The molecule has 1 aromatic rings. The van der Waals surface area contributed by atoms with E-state index in [0.29, 0.717) is 19.0 Å². The molecule has 0 radical (unpaired) electrons. The van der Waals surface area contributed by atoms with Crippen molar-refractivity contribution < 1.29 is 23.8 Å². The van der Waals surface area contributed by atoms with E-state index in [1.165, 1.54) is 0 Å². The molecule has 2 unspecified atom stereocenters. The molecule has 0 bridgehead atoms. The second-order valence-electron chi connectivity index (χ2n) is 5.78. The first-order chi connectivity index (χ1) is 11.2. The minimum absolute atomic E-state index is 0.172. The first-order valence-electron chi connectivity index (χ1n) is 8.06. The SMILES string of the molecule is CCOC(=O)C(C)Oc1ccc(S(C)(C)C(C)C(=O)OCC)cc1. The van der Waals surface area contributed by atoms with Crippen LogP contribution in [-0.2, 0) is 19.1 Å². The fourth-order valence-corrected chi connectivity index (χ4v) is 3.88. The van der Waals surface area contributed by atoms with Gasteiger partial charge < -0.3 is 14.2 Å². The van der Waals surface area contributed by atoms with Gasteiger partial charge in [-0.15, -0.1) is 0 Å². The van der Waals surface area contributed by atoms with E-state index in [9.17, 15) is 9.59 Å². The Morgan fingerprint density at radius 3 is 1.96 bits per heavy atom. The van der Waals surface area contributed by atoms with Crippen molar-refractivity contribution in [2.45, 2.75) is 43.9 Å². The molecule has 0 aromatic heterocycles. The van der Waals surface area contributed by atoms with Crippen molar-refractivity contribution in [1.29, 1.82) is 0 Å². The standard InChI is InChI=1S/C18H28O5S/c1-7-21-17(19)13(3)23-15-9-11-16(12-10-15)24(5,6)14(4)18(20)22-8-2/h9-14H,7-8H2,1-6H3. The smallest absolute Gasteiger partial charge is 0.347 e. The summed E-state index contributed by atoms with van der Waals surface area (Å²) in [6, 6.07) is 7.52. The topological polar surface area (TPSA) is 61.8 Å². The minimum atomic E-state index is -1.35. The van der Waals surface area contributed by atoms with Crippen LogP contribution in [0, 0.1) is 0 Å². The molecule has 0 aliphatic heterocycles. The highest BCUT2D eigenvalue weighted by molar-refractivity contribution is 8.33. The van der Waals surface area contributed by atoms with E-state index >= 15 is 0 Å². The highest BCUT2D eigenvalue weighted by Crippen LogP contribution is 2.53. The molecule has 0 saturated carbocycles. The highest BCUT2D eigenvalue weighted by Gasteiger charge is 2.29. The molecule has 24 heavy (non-hydrogen) atoms. The quantitative estimate of drug-likeness (QED) is 0.668. The van der Waals surface area contributed by atoms with Gasteiger partial charge in [0.05, 0.1) is 18.5 Å². The van der Waals surface area contributed by atoms with Gasteiger partial charge in [0.1, 0.15) is 5.75 Å². The van der Waals surface area contributed by atoms with Crippen molar-refractivity contribution >= 4 is 22.0 Å². The van der Waals surface area contributed by atoms with Crippen LogP contribution in [0.3, 0.4) is 0 Å². The second kappa shape index (κ2) is 8.97. The lowest BCUT2D eigenvalue weighted by Crippen LogP contribution is -2.26. The van der Waals surface area contributed by atoms with E-state index in [-0.39, 0.29) is 17.2 Å². The molecule has 1 rings (SSSR count). The maximum Gasteiger partial charge on any atom is 0.347 e. The third kappa shape index (κ3) is 5.16. The lowest BCUT2D eigenvalue weighted by atomic mass is 10.3. The molecule has 2 atom stereocenters. The van der Waals surface area contributed by atoms with Crippen molar-refractivity contribution in [3.05, 3.63) is 24.3 Å². The van der Waals surface area contributed by atoms with Crippen LogP contribution >= 0.6 is 10.0 Å². The first-order valence-corrected chi connectivity index (χ1v) is 10.6. The van der Waals surface area contributed by atoms with Crippen LogP contribution in [0.15, 0.2) is 29.2 Å². The maximum atomic E-state index is 12.0.